The molecule has 0 saturated heterocycles. The summed E-state index contributed by atoms with van der Waals surface area (Å²) in [5.74, 6) is 0. The van der Waals surface area contributed by atoms with Crippen molar-refractivity contribution in [1.82, 2.24) is 9.78 Å². The number of hydrogen-bond donors (Lipinski definition) is 1. The van der Waals surface area contributed by atoms with Gasteiger partial charge >= 0.3 is 6.18 Å². The zero-order valence-electron chi connectivity index (χ0n) is 8.84. The van der Waals surface area contributed by atoms with Crippen molar-refractivity contribution in [2.75, 3.05) is 0 Å². The van der Waals surface area contributed by atoms with Gasteiger partial charge in [0.15, 0.2) is 0 Å². The minimum atomic E-state index is -4.41. The van der Waals surface area contributed by atoms with Crippen LogP contribution in [-0.2, 0) is 6.18 Å². The Hall–Kier alpha value is -1.04. The van der Waals surface area contributed by atoms with Crippen LogP contribution in [0.2, 0.25) is 0 Å². The Labute approximate surface area is 86.1 Å². The molecule has 0 fully saturated rings. The summed E-state index contributed by atoms with van der Waals surface area (Å²) < 4.78 is 39.2. The zero-order chi connectivity index (χ0) is 11.8. The fraction of sp³-hybridized carbons (Fsp3) is 0.667. The third kappa shape index (κ3) is 2.31. The van der Waals surface area contributed by atoms with Crippen molar-refractivity contribution in [3.63, 3.8) is 0 Å². The Morgan fingerprint density at radius 3 is 2.20 bits per heavy atom. The largest absolute Gasteiger partial charge is 0.433 e. The minimum Gasteiger partial charge on any atom is -0.324 e. The fourth-order valence-corrected chi connectivity index (χ4v) is 1.39. The fourth-order valence-electron chi connectivity index (χ4n) is 1.39. The Balaban J connectivity index is 3.34. The maximum atomic E-state index is 12.7. The van der Waals surface area contributed by atoms with Crippen LogP contribution in [0, 0.1) is 0 Å². The first-order chi connectivity index (χ1) is 6.75. The molecule has 3 nitrogen and oxygen atoms in total. The minimum absolute atomic E-state index is 0.0381. The molecule has 0 aromatic carbocycles. The Morgan fingerprint density at radius 2 is 1.87 bits per heavy atom. The highest BCUT2D eigenvalue weighted by Crippen LogP contribution is 2.35. The van der Waals surface area contributed by atoms with Gasteiger partial charge in [0.05, 0.1) is 6.20 Å². The summed E-state index contributed by atoms with van der Waals surface area (Å²) in [5.41, 5.74) is 4.77. The van der Waals surface area contributed by atoms with Crippen LogP contribution >= 0.6 is 0 Å². The van der Waals surface area contributed by atoms with Gasteiger partial charge in [-0.05, 0) is 20.8 Å². The van der Waals surface area contributed by atoms with Crippen LogP contribution in [0.3, 0.4) is 0 Å². The summed E-state index contributed by atoms with van der Waals surface area (Å²) in [5, 5.41) is 3.72. The van der Waals surface area contributed by atoms with Gasteiger partial charge in [0.1, 0.15) is 5.69 Å². The van der Waals surface area contributed by atoms with Crippen LogP contribution in [0.25, 0.3) is 0 Å². The smallest absolute Gasteiger partial charge is 0.324 e. The molecule has 0 spiro atoms. The molecule has 0 aliphatic carbocycles. The monoisotopic (exact) mass is 221 g/mol. The lowest BCUT2D eigenvalue weighted by molar-refractivity contribution is -0.145. The van der Waals surface area contributed by atoms with Crippen LogP contribution in [0.4, 0.5) is 13.2 Å². The van der Waals surface area contributed by atoms with Gasteiger partial charge in [-0.3, -0.25) is 4.68 Å². The molecule has 0 saturated carbocycles. The Bertz CT molecular complexity index is 313. The van der Waals surface area contributed by atoms with E-state index in [1.54, 1.807) is 13.8 Å². The van der Waals surface area contributed by atoms with E-state index >= 15 is 0 Å². The first kappa shape index (κ1) is 12.0. The molecular formula is C9H14F3N3. The van der Waals surface area contributed by atoms with Crippen molar-refractivity contribution in [2.24, 2.45) is 5.73 Å². The summed E-state index contributed by atoms with van der Waals surface area (Å²) in [6.45, 7) is 4.80. The van der Waals surface area contributed by atoms with Crippen molar-refractivity contribution < 1.29 is 13.2 Å². The molecule has 15 heavy (non-hydrogen) atoms. The molecule has 1 unspecified atom stereocenters. The highest BCUT2D eigenvalue weighted by atomic mass is 19.4. The zero-order valence-corrected chi connectivity index (χ0v) is 8.84. The highest BCUT2D eigenvalue weighted by molar-refractivity contribution is 5.24. The molecule has 2 N–H and O–H groups in total. The maximum absolute atomic E-state index is 12.7. The normalized spacial score (nSPS) is 14.7. The number of nitrogens with zero attached hydrogens (tertiary/aromatic N) is 2. The van der Waals surface area contributed by atoms with E-state index in [0.29, 0.717) is 0 Å². The second-order valence-electron chi connectivity index (χ2n) is 3.77. The lowest BCUT2D eigenvalue weighted by atomic mass is 10.1. The van der Waals surface area contributed by atoms with Crippen molar-refractivity contribution in [3.05, 3.63) is 17.5 Å². The van der Waals surface area contributed by atoms with Gasteiger partial charge in [0.2, 0.25) is 0 Å². The second kappa shape index (κ2) is 3.84. The first-order valence-corrected chi connectivity index (χ1v) is 4.65. The number of hydrogen-bond acceptors (Lipinski definition) is 2. The maximum Gasteiger partial charge on any atom is 0.433 e. The topological polar surface area (TPSA) is 43.8 Å². The van der Waals surface area contributed by atoms with Crippen molar-refractivity contribution in [2.45, 2.75) is 39.0 Å². The van der Waals surface area contributed by atoms with Crippen LogP contribution in [-0.4, -0.2) is 9.78 Å². The molecule has 1 aromatic rings. The van der Waals surface area contributed by atoms with Crippen LogP contribution in [0.5, 0.6) is 0 Å². The average Bonchev–Trinajstić information content (AvgIpc) is 2.45. The number of aromatic nitrogens is 2. The molecule has 0 aliphatic heterocycles. The molecule has 0 bridgehead atoms. The molecule has 0 amide bonds. The predicted molar refractivity (Wildman–Crippen MR) is 50.2 cm³/mol. The van der Waals surface area contributed by atoms with Gasteiger partial charge in [-0.15, -0.1) is 0 Å². The standard InChI is InChI=1S/C9H14F3N3/c1-5(2)15-8(9(10,11)12)7(4-14-15)6(3)13/h4-6H,13H2,1-3H3. The quantitative estimate of drug-likeness (QED) is 0.833. The van der Waals surface area contributed by atoms with Gasteiger partial charge in [0, 0.05) is 17.6 Å². The van der Waals surface area contributed by atoms with E-state index in [9.17, 15) is 13.2 Å². The SMILES string of the molecule is CC(N)c1cnn(C(C)C)c1C(F)(F)F. The van der Waals surface area contributed by atoms with Crippen molar-refractivity contribution >= 4 is 0 Å². The second-order valence-corrected chi connectivity index (χ2v) is 3.77. The van der Waals surface area contributed by atoms with Gasteiger partial charge in [0.25, 0.3) is 0 Å². The van der Waals surface area contributed by atoms with Gasteiger partial charge < -0.3 is 5.73 Å². The van der Waals surface area contributed by atoms with Crippen molar-refractivity contribution in [1.29, 1.82) is 0 Å². The molecule has 0 radical (unpaired) electrons. The molecule has 1 atom stereocenters. The van der Waals surface area contributed by atoms with E-state index in [2.05, 4.69) is 5.10 Å². The highest BCUT2D eigenvalue weighted by Gasteiger charge is 2.39. The van der Waals surface area contributed by atoms with Gasteiger partial charge in [-0.25, -0.2) is 0 Å². The van der Waals surface area contributed by atoms with Crippen LogP contribution in [0.15, 0.2) is 6.20 Å². The molecule has 1 heterocycles. The van der Waals surface area contributed by atoms with E-state index in [1.165, 1.54) is 13.1 Å². The van der Waals surface area contributed by atoms with Gasteiger partial charge in [-0.1, -0.05) is 0 Å². The third-order valence-electron chi connectivity index (χ3n) is 2.07. The molecule has 0 aliphatic rings. The van der Waals surface area contributed by atoms with E-state index in [1.807, 2.05) is 0 Å². The summed E-state index contributed by atoms with van der Waals surface area (Å²) >= 11 is 0. The Kier molecular flexibility index (Phi) is 3.08. The lowest BCUT2D eigenvalue weighted by Crippen LogP contribution is -2.20. The van der Waals surface area contributed by atoms with E-state index < -0.39 is 17.9 Å². The van der Waals surface area contributed by atoms with E-state index in [4.69, 9.17) is 5.73 Å². The summed E-state index contributed by atoms with van der Waals surface area (Å²) in [6, 6.07) is -1.01. The number of alkyl halides is 3. The molecule has 1 rings (SSSR count). The number of nitrogens with two attached hydrogens (primary N) is 1. The van der Waals surface area contributed by atoms with E-state index in [0.717, 1.165) is 4.68 Å². The number of rotatable bonds is 2. The lowest BCUT2D eigenvalue weighted by Gasteiger charge is -2.16. The summed E-state index contributed by atoms with van der Waals surface area (Å²) in [4.78, 5) is 0. The average molecular weight is 221 g/mol. The molecule has 86 valence electrons. The number of halogens is 3. The summed E-state index contributed by atoms with van der Waals surface area (Å²) in [6.07, 6.45) is -3.22. The van der Waals surface area contributed by atoms with E-state index in [-0.39, 0.29) is 11.6 Å². The molecular weight excluding hydrogens is 207 g/mol. The summed E-state index contributed by atoms with van der Waals surface area (Å²) in [7, 11) is 0. The molecule has 1 aromatic heterocycles. The Morgan fingerprint density at radius 1 is 1.33 bits per heavy atom. The van der Waals surface area contributed by atoms with Crippen molar-refractivity contribution in [3.8, 4) is 0 Å². The van der Waals surface area contributed by atoms with Crippen LogP contribution in [0.1, 0.15) is 44.1 Å². The molecule has 6 heteroatoms. The first-order valence-electron chi connectivity index (χ1n) is 4.65. The van der Waals surface area contributed by atoms with Crippen LogP contribution < -0.4 is 5.73 Å². The third-order valence-corrected chi connectivity index (χ3v) is 2.07. The predicted octanol–water partition coefficient (Wildman–Crippen LogP) is 2.50. The van der Waals surface area contributed by atoms with Gasteiger partial charge in [-0.2, -0.15) is 18.3 Å².